The average molecular weight is 637 g/mol. The molecule has 1 atom stereocenters. The Bertz CT molecular complexity index is 1500. The van der Waals surface area contributed by atoms with E-state index in [1.54, 1.807) is 55.5 Å². The fourth-order valence-electron chi connectivity index (χ4n) is 4.36. The molecule has 0 saturated heterocycles. The van der Waals surface area contributed by atoms with Crippen molar-refractivity contribution >= 4 is 50.7 Å². The third-order valence-electron chi connectivity index (χ3n) is 6.42. The molecule has 0 bridgehead atoms. The monoisotopic (exact) mass is 635 g/mol. The summed E-state index contributed by atoms with van der Waals surface area (Å²) in [4.78, 5) is 28.8. The van der Waals surface area contributed by atoms with Crippen LogP contribution in [0.1, 0.15) is 32.8 Å². The first-order chi connectivity index (χ1) is 19.9. The number of carbonyl (C=O) groups is 2. The molecule has 0 aromatic heterocycles. The van der Waals surface area contributed by atoms with Crippen molar-refractivity contribution in [3.05, 3.63) is 82.3 Å². The first kappa shape index (κ1) is 33.0. The largest absolute Gasteiger partial charge is 0.497 e. The van der Waals surface area contributed by atoms with Crippen LogP contribution in [0.5, 0.6) is 11.5 Å². The van der Waals surface area contributed by atoms with E-state index in [1.165, 1.54) is 37.3 Å². The zero-order chi connectivity index (χ0) is 31.0. The molecular formula is C30H35Cl2N3O6S. The van der Waals surface area contributed by atoms with Crippen molar-refractivity contribution < 1.29 is 27.5 Å². The minimum atomic E-state index is -4.29. The van der Waals surface area contributed by atoms with Crippen LogP contribution in [0.25, 0.3) is 0 Å². The van der Waals surface area contributed by atoms with Crippen LogP contribution in [-0.2, 0) is 26.2 Å². The smallest absolute Gasteiger partial charge is 0.264 e. The quantitative estimate of drug-likeness (QED) is 0.264. The molecule has 2 amide bonds. The Morgan fingerprint density at radius 2 is 1.62 bits per heavy atom. The van der Waals surface area contributed by atoms with Crippen molar-refractivity contribution in [1.29, 1.82) is 0 Å². The topological polar surface area (TPSA) is 105 Å². The molecule has 3 aromatic carbocycles. The predicted molar refractivity (Wildman–Crippen MR) is 165 cm³/mol. The highest BCUT2D eigenvalue weighted by Crippen LogP contribution is 2.36. The maximum absolute atomic E-state index is 14.2. The van der Waals surface area contributed by atoms with Crippen LogP contribution in [0.15, 0.2) is 71.6 Å². The first-order valence-corrected chi connectivity index (χ1v) is 15.5. The van der Waals surface area contributed by atoms with Gasteiger partial charge in [0, 0.05) is 18.7 Å². The summed E-state index contributed by atoms with van der Waals surface area (Å²) in [6.45, 7) is 4.77. The second-order valence-electron chi connectivity index (χ2n) is 9.72. The van der Waals surface area contributed by atoms with Gasteiger partial charge in [-0.05, 0) is 62.2 Å². The van der Waals surface area contributed by atoms with Crippen molar-refractivity contribution in [2.75, 3.05) is 25.1 Å². The number of hydrogen-bond acceptors (Lipinski definition) is 6. The zero-order valence-corrected chi connectivity index (χ0v) is 26.5. The number of halogens is 2. The van der Waals surface area contributed by atoms with Crippen LogP contribution in [0, 0.1) is 0 Å². The summed E-state index contributed by atoms with van der Waals surface area (Å²) in [5.41, 5.74) is 0.716. The molecule has 0 radical (unpaired) electrons. The van der Waals surface area contributed by atoms with Gasteiger partial charge in [0.25, 0.3) is 10.0 Å². The molecule has 0 saturated carbocycles. The molecule has 0 aliphatic carbocycles. The summed E-state index contributed by atoms with van der Waals surface area (Å²) in [7, 11) is -1.43. The highest BCUT2D eigenvalue weighted by molar-refractivity contribution is 7.92. The van der Waals surface area contributed by atoms with E-state index in [0.717, 1.165) is 4.31 Å². The number of sulfonamides is 1. The van der Waals surface area contributed by atoms with Crippen LogP contribution < -0.4 is 19.1 Å². The van der Waals surface area contributed by atoms with Crippen LogP contribution in [0.4, 0.5) is 5.69 Å². The first-order valence-electron chi connectivity index (χ1n) is 13.3. The van der Waals surface area contributed by atoms with Crippen LogP contribution in [0.2, 0.25) is 10.0 Å². The number of methoxy groups -OCH3 is 2. The molecule has 12 heteroatoms. The van der Waals surface area contributed by atoms with Gasteiger partial charge in [0.2, 0.25) is 11.8 Å². The highest BCUT2D eigenvalue weighted by Gasteiger charge is 2.35. The lowest BCUT2D eigenvalue weighted by molar-refractivity contribution is -0.140. The van der Waals surface area contributed by atoms with E-state index in [0.29, 0.717) is 16.3 Å². The van der Waals surface area contributed by atoms with Crippen molar-refractivity contribution in [2.24, 2.45) is 0 Å². The van der Waals surface area contributed by atoms with Gasteiger partial charge in [0.15, 0.2) is 0 Å². The van der Waals surface area contributed by atoms with Crippen molar-refractivity contribution in [3.63, 3.8) is 0 Å². The SMILES string of the molecule is CCC(C(=O)NC(C)C)N(Cc1ccc(Cl)c(Cl)c1)C(=O)CN(c1cc(OC)ccc1OC)S(=O)(=O)c1ccccc1. The van der Waals surface area contributed by atoms with Gasteiger partial charge in [0.05, 0.1) is 34.8 Å². The molecule has 226 valence electrons. The van der Waals surface area contributed by atoms with Gasteiger partial charge < -0.3 is 19.7 Å². The minimum absolute atomic E-state index is 0.0196. The maximum atomic E-state index is 14.2. The Balaban J connectivity index is 2.15. The number of ether oxygens (including phenoxy) is 2. The summed E-state index contributed by atoms with van der Waals surface area (Å²) in [5, 5.41) is 3.49. The van der Waals surface area contributed by atoms with Gasteiger partial charge in [-0.25, -0.2) is 8.42 Å². The van der Waals surface area contributed by atoms with E-state index in [9.17, 15) is 18.0 Å². The minimum Gasteiger partial charge on any atom is -0.497 e. The molecule has 1 unspecified atom stereocenters. The molecule has 9 nitrogen and oxygen atoms in total. The van der Waals surface area contributed by atoms with Gasteiger partial charge in [-0.15, -0.1) is 0 Å². The third-order valence-corrected chi connectivity index (χ3v) is 8.93. The van der Waals surface area contributed by atoms with Gasteiger partial charge in [-0.1, -0.05) is 54.4 Å². The number of hydrogen-bond donors (Lipinski definition) is 1. The molecule has 3 rings (SSSR count). The normalized spacial score (nSPS) is 12.0. The standard InChI is InChI=1S/C30H35Cl2N3O6S/c1-6-26(30(37)33-20(2)3)34(18-21-12-14-24(31)25(32)16-21)29(36)19-35(42(38,39)23-10-8-7-9-11-23)27-17-22(40-4)13-15-28(27)41-5/h7-17,20,26H,6,18-19H2,1-5H3,(H,33,37). The van der Waals surface area contributed by atoms with Crippen molar-refractivity contribution in [2.45, 2.75) is 50.7 Å². The molecule has 0 fully saturated rings. The van der Waals surface area contributed by atoms with Crippen LogP contribution in [-0.4, -0.2) is 58.0 Å². The lowest BCUT2D eigenvalue weighted by Crippen LogP contribution is -2.53. The summed E-state index contributed by atoms with van der Waals surface area (Å²) >= 11 is 12.4. The molecule has 1 N–H and O–H groups in total. The van der Waals surface area contributed by atoms with E-state index >= 15 is 0 Å². The lowest BCUT2D eigenvalue weighted by Gasteiger charge is -2.34. The molecule has 0 spiro atoms. The molecule has 0 heterocycles. The number of carbonyl (C=O) groups excluding carboxylic acids is 2. The fraction of sp³-hybridized carbons (Fsp3) is 0.333. The molecule has 3 aromatic rings. The predicted octanol–water partition coefficient (Wildman–Crippen LogP) is 5.54. The number of rotatable bonds is 13. The number of nitrogens with zero attached hydrogens (tertiary/aromatic N) is 2. The lowest BCUT2D eigenvalue weighted by atomic mass is 10.1. The Morgan fingerprint density at radius 1 is 0.929 bits per heavy atom. The Morgan fingerprint density at radius 3 is 2.19 bits per heavy atom. The van der Waals surface area contributed by atoms with Gasteiger partial charge in [-0.3, -0.25) is 13.9 Å². The van der Waals surface area contributed by atoms with E-state index < -0.39 is 28.5 Å². The highest BCUT2D eigenvalue weighted by atomic mass is 35.5. The van der Waals surface area contributed by atoms with Crippen LogP contribution in [0.3, 0.4) is 0 Å². The Kier molecular flexibility index (Phi) is 11.5. The van der Waals surface area contributed by atoms with Crippen LogP contribution >= 0.6 is 23.2 Å². The maximum Gasteiger partial charge on any atom is 0.264 e. The number of anilines is 1. The van der Waals surface area contributed by atoms with Crippen molar-refractivity contribution in [1.82, 2.24) is 10.2 Å². The summed E-state index contributed by atoms with van der Waals surface area (Å²) in [5.74, 6) is -0.404. The van der Waals surface area contributed by atoms with E-state index in [-0.39, 0.29) is 46.3 Å². The summed E-state index contributed by atoms with van der Waals surface area (Å²) < 4.78 is 39.9. The number of nitrogens with one attached hydrogen (secondary N) is 1. The number of benzene rings is 3. The average Bonchev–Trinajstić information content (AvgIpc) is 2.97. The summed E-state index contributed by atoms with van der Waals surface area (Å²) in [6, 6.07) is 16.3. The molecule has 0 aliphatic rings. The van der Waals surface area contributed by atoms with E-state index in [1.807, 2.05) is 13.8 Å². The van der Waals surface area contributed by atoms with E-state index in [2.05, 4.69) is 5.32 Å². The molecular weight excluding hydrogens is 601 g/mol. The second-order valence-corrected chi connectivity index (χ2v) is 12.4. The van der Waals surface area contributed by atoms with Gasteiger partial charge in [-0.2, -0.15) is 0 Å². The fourth-order valence-corrected chi connectivity index (χ4v) is 6.12. The molecule has 42 heavy (non-hydrogen) atoms. The van der Waals surface area contributed by atoms with E-state index in [4.69, 9.17) is 32.7 Å². The Labute approximate surface area is 257 Å². The van der Waals surface area contributed by atoms with Crippen molar-refractivity contribution in [3.8, 4) is 11.5 Å². The zero-order valence-electron chi connectivity index (χ0n) is 24.1. The third kappa shape index (κ3) is 7.87. The molecule has 0 aliphatic heterocycles. The summed E-state index contributed by atoms with van der Waals surface area (Å²) in [6.07, 6.45) is 0.277. The van der Waals surface area contributed by atoms with Gasteiger partial charge in [0.1, 0.15) is 24.1 Å². The Hall–Kier alpha value is -3.47. The number of amides is 2. The van der Waals surface area contributed by atoms with Gasteiger partial charge >= 0.3 is 0 Å². The second kappa shape index (κ2) is 14.6.